The monoisotopic (exact) mass is 292 g/mol. The molecule has 20 heavy (non-hydrogen) atoms. The molecule has 6 heteroatoms. The second kappa shape index (κ2) is 6.79. The molecule has 1 amide bonds. The highest BCUT2D eigenvalue weighted by atomic mass is 35.5. The quantitative estimate of drug-likeness (QED) is 0.504. The fourth-order valence-electron chi connectivity index (χ4n) is 1.45. The average molecular weight is 293 g/mol. The van der Waals surface area contributed by atoms with Crippen molar-refractivity contribution in [2.75, 3.05) is 6.61 Å². The molecule has 5 nitrogen and oxygen atoms in total. The summed E-state index contributed by atoms with van der Waals surface area (Å²) in [6.45, 7) is -0.138. The summed E-state index contributed by atoms with van der Waals surface area (Å²) in [7, 11) is 0. The van der Waals surface area contributed by atoms with E-state index in [1.165, 1.54) is 0 Å². The first-order chi connectivity index (χ1) is 9.69. The van der Waals surface area contributed by atoms with E-state index < -0.39 is 5.91 Å². The van der Waals surface area contributed by atoms with Crippen molar-refractivity contribution in [1.82, 2.24) is 5.43 Å². The van der Waals surface area contributed by atoms with Gasteiger partial charge < -0.3 is 9.47 Å². The van der Waals surface area contributed by atoms with E-state index in [1.807, 2.05) is 17.6 Å². The Bertz CT molecular complexity index is 587. The van der Waals surface area contributed by atoms with Crippen LogP contribution in [0.1, 0.15) is 0 Å². The maximum Gasteiger partial charge on any atom is 0.271 e. The average Bonchev–Trinajstić information content (AvgIpc) is 2.48. The highest BCUT2D eigenvalue weighted by molar-refractivity contribution is 6.32. The topological polar surface area (TPSA) is 73.6 Å². The van der Waals surface area contributed by atoms with Crippen molar-refractivity contribution >= 4 is 17.5 Å². The minimum Gasteiger partial charge on any atom is -0.484 e. The maximum absolute atomic E-state index is 10.9. The number of rotatable bonds is 5. The third kappa shape index (κ3) is 3.88. The Morgan fingerprint density at radius 1 is 1.10 bits per heavy atom. The van der Waals surface area contributed by atoms with Crippen molar-refractivity contribution in [2.24, 2.45) is 5.84 Å². The number of benzene rings is 2. The van der Waals surface area contributed by atoms with Crippen LogP contribution in [0, 0.1) is 0 Å². The van der Waals surface area contributed by atoms with E-state index in [2.05, 4.69) is 0 Å². The molecule has 0 aliphatic heterocycles. The van der Waals surface area contributed by atoms with Crippen LogP contribution in [0.3, 0.4) is 0 Å². The van der Waals surface area contributed by atoms with Crippen LogP contribution < -0.4 is 20.7 Å². The van der Waals surface area contributed by atoms with Crippen LogP contribution in [-0.2, 0) is 4.79 Å². The molecule has 0 aliphatic carbocycles. The van der Waals surface area contributed by atoms with E-state index in [0.29, 0.717) is 22.3 Å². The molecule has 0 unspecified atom stereocenters. The molecular weight excluding hydrogens is 280 g/mol. The van der Waals surface area contributed by atoms with E-state index >= 15 is 0 Å². The molecule has 104 valence electrons. The molecule has 2 rings (SSSR count). The first kappa shape index (κ1) is 14.2. The summed E-state index contributed by atoms with van der Waals surface area (Å²) in [6, 6.07) is 14.0. The predicted molar refractivity (Wildman–Crippen MR) is 75.8 cm³/mol. The van der Waals surface area contributed by atoms with Gasteiger partial charge in [-0.25, -0.2) is 5.84 Å². The molecule has 0 saturated heterocycles. The summed E-state index contributed by atoms with van der Waals surface area (Å²) in [5.74, 6) is 6.28. The number of nitrogens with two attached hydrogens (primary N) is 1. The Labute approximate surface area is 121 Å². The SMILES string of the molecule is NNC(=O)COc1ccc(Oc2ccccc2Cl)cc1. The molecule has 0 heterocycles. The zero-order valence-electron chi connectivity index (χ0n) is 10.5. The number of carbonyl (C=O) groups is 1. The highest BCUT2D eigenvalue weighted by Crippen LogP contribution is 2.29. The number of carbonyl (C=O) groups excluding carboxylic acids is 1. The smallest absolute Gasteiger partial charge is 0.271 e. The maximum atomic E-state index is 10.9. The number of hydrogen-bond acceptors (Lipinski definition) is 4. The molecule has 0 aromatic heterocycles. The predicted octanol–water partition coefficient (Wildman–Crippen LogP) is 2.50. The lowest BCUT2D eigenvalue weighted by Gasteiger charge is -2.09. The van der Waals surface area contributed by atoms with Gasteiger partial charge in [-0.3, -0.25) is 10.2 Å². The summed E-state index contributed by atoms with van der Waals surface area (Å²) < 4.78 is 10.8. The zero-order valence-corrected chi connectivity index (χ0v) is 11.3. The number of amides is 1. The fraction of sp³-hybridized carbons (Fsp3) is 0.0714. The number of para-hydroxylation sites is 1. The first-order valence-corrected chi connectivity index (χ1v) is 6.21. The van der Waals surface area contributed by atoms with Crippen LogP contribution in [0.4, 0.5) is 0 Å². The lowest BCUT2D eigenvalue weighted by Crippen LogP contribution is -2.34. The summed E-state index contributed by atoms with van der Waals surface area (Å²) in [5, 5.41) is 0.535. The number of hydrogen-bond donors (Lipinski definition) is 2. The lowest BCUT2D eigenvalue weighted by molar-refractivity contribution is -0.123. The first-order valence-electron chi connectivity index (χ1n) is 5.84. The van der Waals surface area contributed by atoms with Crippen molar-refractivity contribution in [2.45, 2.75) is 0 Å². The Morgan fingerprint density at radius 2 is 1.75 bits per heavy atom. The Balaban J connectivity index is 1.98. The molecule has 2 aromatic carbocycles. The largest absolute Gasteiger partial charge is 0.484 e. The number of nitrogens with one attached hydrogen (secondary N) is 1. The Kier molecular flexibility index (Phi) is 4.81. The molecule has 0 radical (unpaired) electrons. The molecule has 0 saturated carbocycles. The zero-order chi connectivity index (χ0) is 14.4. The molecule has 3 N–H and O–H groups in total. The minimum atomic E-state index is -0.401. The molecule has 2 aromatic rings. The van der Waals surface area contributed by atoms with Gasteiger partial charge in [-0.05, 0) is 36.4 Å². The lowest BCUT2D eigenvalue weighted by atomic mass is 10.3. The molecule has 0 atom stereocenters. The molecule has 0 spiro atoms. The van der Waals surface area contributed by atoms with E-state index in [9.17, 15) is 4.79 Å². The van der Waals surface area contributed by atoms with Crippen LogP contribution in [0.5, 0.6) is 17.2 Å². The van der Waals surface area contributed by atoms with Gasteiger partial charge in [0, 0.05) is 0 Å². The van der Waals surface area contributed by atoms with Crippen molar-refractivity contribution in [3.8, 4) is 17.2 Å². The van der Waals surface area contributed by atoms with Gasteiger partial charge in [0.25, 0.3) is 5.91 Å². The van der Waals surface area contributed by atoms with Crippen LogP contribution in [-0.4, -0.2) is 12.5 Å². The van der Waals surface area contributed by atoms with E-state index in [0.717, 1.165) is 0 Å². The Morgan fingerprint density at radius 3 is 2.40 bits per heavy atom. The van der Waals surface area contributed by atoms with Gasteiger partial charge in [0.1, 0.15) is 17.2 Å². The van der Waals surface area contributed by atoms with Crippen molar-refractivity contribution in [1.29, 1.82) is 0 Å². The van der Waals surface area contributed by atoms with Gasteiger partial charge in [0.15, 0.2) is 6.61 Å². The minimum absolute atomic E-state index is 0.138. The molecule has 0 bridgehead atoms. The number of hydrazine groups is 1. The number of halogens is 1. The van der Waals surface area contributed by atoms with Crippen LogP contribution >= 0.6 is 11.6 Å². The van der Waals surface area contributed by atoms with Crippen LogP contribution in [0.15, 0.2) is 48.5 Å². The van der Waals surface area contributed by atoms with Gasteiger partial charge in [-0.1, -0.05) is 23.7 Å². The second-order valence-electron chi connectivity index (χ2n) is 3.86. The van der Waals surface area contributed by atoms with Gasteiger partial charge in [-0.2, -0.15) is 0 Å². The van der Waals surface area contributed by atoms with Gasteiger partial charge in [0.2, 0.25) is 0 Å². The Hall–Kier alpha value is -2.24. The summed E-state index contributed by atoms with van der Waals surface area (Å²) in [5.41, 5.74) is 1.98. The molecular formula is C14H13ClN2O3. The fourth-order valence-corrected chi connectivity index (χ4v) is 1.62. The summed E-state index contributed by atoms with van der Waals surface area (Å²) in [4.78, 5) is 10.9. The van der Waals surface area contributed by atoms with Gasteiger partial charge in [0.05, 0.1) is 5.02 Å². The second-order valence-corrected chi connectivity index (χ2v) is 4.27. The third-order valence-electron chi connectivity index (χ3n) is 2.42. The number of ether oxygens (including phenoxy) is 2. The van der Waals surface area contributed by atoms with Crippen molar-refractivity contribution in [3.05, 3.63) is 53.6 Å². The van der Waals surface area contributed by atoms with Crippen molar-refractivity contribution < 1.29 is 14.3 Å². The van der Waals surface area contributed by atoms with E-state index in [4.69, 9.17) is 26.9 Å². The van der Waals surface area contributed by atoms with Crippen LogP contribution in [0.25, 0.3) is 0 Å². The summed E-state index contributed by atoms with van der Waals surface area (Å²) in [6.07, 6.45) is 0. The molecule has 0 aliphatic rings. The van der Waals surface area contributed by atoms with E-state index in [1.54, 1.807) is 36.4 Å². The molecule has 0 fully saturated rings. The van der Waals surface area contributed by atoms with E-state index in [-0.39, 0.29) is 6.61 Å². The standard InChI is InChI=1S/C14H13ClN2O3/c15-12-3-1-2-4-13(12)20-11-7-5-10(6-8-11)19-9-14(18)17-16/h1-8H,9,16H2,(H,17,18). The third-order valence-corrected chi connectivity index (χ3v) is 2.73. The normalized spacial score (nSPS) is 9.90. The van der Waals surface area contributed by atoms with Gasteiger partial charge in [-0.15, -0.1) is 0 Å². The van der Waals surface area contributed by atoms with Crippen LogP contribution in [0.2, 0.25) is 5.02 Å². The van der Waals surface area contributed by atoms with Crippen molar-refractivity contribution in [3.63, 3.8) is 0 Å². The van der Waals surface area contributed by atoms with Gasteiger partial charge >= 0.3 is 0 Å². The summed E-state index contributed by atoms with van der Waals surface area (Å²) >= 11 is 6.00. The highest BCUT2D eigenvalue weighted by Gasteiger charge is 2.03.